The molecule has 2 unspecified atom stereocenters. The van der Waals surface area contributed by atoms with E-state index in [-0.39, 0.29) is 18.9 Å². The van der Waals surface area contributed by atoms with E-state index in [4.69, 9.17) is 20.3 Å². The van der Waals surface area contributed by atoms with Gasteiger partial charge in [0, 0.05) is 13.2 Å². The molecule has 2 atom stereocenters. The maximum absolute atomic E-state index is 8.43. The van der Waals surface area contributed by atoms with Crippen LogP contribution in [0.25, 0.3) is 0 Å². The molecule has 1 rings (SSSR count). The number of ether oxygens (including phenoxy) is 2. The average molecular weight is 161 g/mol. The molecule has 1 aliphatic heterocycles. The van der Waals surface area contributed by atoms with Gasteiger partial charge in [-0.05, 0) is 12.8 Å². The summed E-state index contributed by atoms with van der Waals surface area (Å²) in [5.74, 6) is 0. The van der Waals surface area contributed by atoms with Gasteiger partial charge >= 0.3 is 0 Å². The van der Waals surface area contributed by atoms with E-state index < -0.39 is 0 Å². The van der Waals surface area contributed by atoms with Crippen molar-refractivity contribution in [2.45, 2.75) is 25.2 Å². The van der Waals surface area contributed by atoms with Gasteiger partial charge in [0.25, 0.3) is 0 Å². The second-order valence-corrected chi connectivity index (χ2v) is 2.64. The fraction of sp³-hybridized carbons (Fsp3) is 1.00. The lowest BCUT2D eigenvalue weighted by atomic mass is 10.3. The largest absolute Gasteiger partial charge is 0.396 e. The van der Waals surface area contributed by atoms with Crippen molar-refractivity contribution in [3.63, 3.8) is 0 Å². The van der Waals surface area contributed by atoms with Gasteiger partial charge in [0.15, 0.2) is 0 Å². The van der Waals surface area contributed by atoms with Gasteiger partial charge in [0.1, 0.15) is 12.3 Å². The van der Waals surface area contributed by atoms with Gasteiger partial charge in [-0.1, -0.05) is 0 Å². The predicted octanol–water partition coefficient (Wildman–Crippen LogP) is -0.541. The number of aliphatic hydroxyl groups is 1. The highest BCUT2D eigenvalue weighted by Gasteiger charge is 2.34. The molecule has 0 aliphatic carbocycles. The van der Waals surface area contributed by atoms with Crippen LogP contribution in [0.3, 0.4) is 0 Å². The third-order valence-electron chi connectivity index (χ3n) is 1.60. The number of unbranched alkanes of at least 4 members (excludes halogenated alkanes) is 1. The lowest BCUT2D eigenvalue weighted by Gasteiger charge is -1.99. The van der Waals surface area contributed by atoms with Crippen molar-refractivity contribution in [2.75, 3.05) is 19.8 Å². The zero-order valence-corrected chi connectivity index (χ0v) is 6.53. The van der Waals surface area contributed by atoms with Crippen LogP contribution in [0, 0.1) is 0 Å². The van der Waals surface area contributed by atoms with Crippen molar-refractivity contribution in [3.8, 4) is 0 Å². The van der Waals surface area contributed by atoms with Gasteiger partial charge < -0.3 is 20.3 Å². The average Bonchev–Trinajstić information content (AvgIpc) is 2.67. The molecule has 1 heterocycles. The van der Waals surface area contributed by atoms with Gasteiger partial charge in [-0.3, -0.25) is 0 Å². The van der Waals surface area contributed by atoms with Crippen LogP contribution in [0.5, 0.6) is 0 Å². The molecular weight excluding hydrogens is 146 g/mol. The highest BCUT2D eigenvalue weighted by atomic mass is 16.6. The van der Waals surface area contributed by atoms with Crippen LogP contribution in [-0.4, -0.2) is 37.3 Å². The zero-order valence-electron chi connectivity index (χ0n) is 6.53. The minimum atomic E-state index is -0.104. The molecule has 0 aromatic carbocycles. The Bertz CT molecular complexity index is 110. The van der Waals surface area contributed by atoms with E-state index in [1.165, 1.54) is 0 Å². The Morgan fingerprint density at radius 2 is 2.18 bits per heavy atom. The van der Waals surface area contributed by atoms with E-state index >= 15 is 0 Å². The van der Waals surface area contributed by atoms with Crippen LogP contribution < -0.4 is 5.73 Å². The van der Waals surface area contributed by atoms with Crippen LogP contribution >= 0.6 is 0 Å². The molecule has 3 N–H and O–H groups in total. The summed E-state index contributed by atoms with van der Waals surface area (Å²) in [6.07, 6.45) is 1.72. The van der Waals surface area contributed by atoms with E-state index in [0.29, 0.717) is 13.2 Å². The van der Waals surface area contributed by atoms with Gasteiger partial charge in [0.2, 0.25) is 0 Å². The van der Waals surface area contributed by atoms with E-state index in [1.54, 1.807) is 0 Å². The monoisotopic (exact) mass is 161 g/mol. The lowest BCUT2D eigenvalue weighted by Crippen LogP contribution is -2.11. The molecule has 1 saturated heterocycles. The van der Waals surface area contributed by atoms with Crippen molar-refractivity contribution in [3.05, 3.63) is 0 Å². The summed E-state index contributed by atoms with van der Waals surface area (Å²) in [4.78, 5) is 0. The number of aliphatic hydroxyl groups excluding tert-OH is 1. The molecule has 0 aromatic rings. The Kier molecular flexibility index (Phi) is 3.79. The van der Waals surface area contributed by atoms with Crippen LogP contribution in [0.4, 0.5) is 0 Å². The molecule has 0 bridgehead atoms. The molecule has 66 valence electrons. The molecule has 0 saturated carbocycles. The molecule has 1 aliphatic rings. The van der Waals surface area contributed by atoms with Crippen LogP contribution in [-0.2, 0) is 9.47 Å². The number of rotatable bonds is 6. The maximum Gasteiger partial charge on any atom is 0.135 e. The first-order valence-corrected chi connectivity index (χ1v) is 3.94. The smallest absolute Gasteiger partial charge is 0.135 e. The summed E-state index contributed by atoms with van der Waals surface area (Å²) in [5.41, 5.74) is 5.37. The van der Waals surface area contributed by atoms with Crippen molar-refractivity contribution < 1.29 is 14.6 Å². The zero-order chi connectivity index (χ0) is 8.10. The van der Waals surface area contributed by atoms with Crippen molar-refractivity contribution in [2.24, 2.45) is 5.73 Å². The summed E-state index contributed by atoms with van der Waals surface area (Å²) in [7, 11) is 0. The topological polar surface area (TPSA) is 68.0 Å². The molecular formula is C7H15NO3. The third kappa shape index (κ3) is 3.67. The number of epoxide rings is 1. The van der Waals surface area contributed by atoms with Crippen LogP contribution in [0.1, 0.15) is 12.8 Å². The SMILES string of the molecule is NC1OC1COCCCCO. The highest BCUT2D eigenvalue weighted by Crippen LogP contribution is 2.15. The fourth-order valence-electron chi connectivity index (χ4n) is 0.806. The van der Waals surface area contributed by atoms with E-state index in [9.17, 15) is 0 Å². The predicted molar refractivity (Wildman–Crippen MR) is 40.0 cm³/mol. The molecule has 0 radical (unpaired) electrons. The molecule has 4 nitrogen and oxygen atoms in total. The Hall–Kier alpha value is -0.160. The quantitative estimate of drug-likeness (QED) is 0.405. The maximum atomic E-state index is 8.43. The van der Waals surface area contributed by atoms with Gasteiger partial charge in [-0.15, -0.1) is 0 Å². The Labute approximate surface area is 66.3 Å². The van der Waals surface area contributed by atoms with Gasteiger partial charge in [-0.25, -0.2) is 0 Å². The number of hydrogen-bond acceptors (Lipinski definition) is 4. The Balaban J connectivity index is 1.74. The highest BCUT2D eigenvalue weighted by molar-refractivity contribution is 4.78. The first kappa shape index (κ1) is 8.93. The van der Waals surface area contributed by atoms with E-state index in [0.717, 1.165) is 12.8 Å². The Morgan fingerprint density at radius 1 is 1.45 bits per heavy atom. The summed E-state index contributed by atoms with van der Waals surface area (Å²) >= 11 is 0. The molecule has 1 fully saturated rings. The summed E-state index contributed by atoms with van der Waals surface area (Å²) in [6, 6.07) is 0. The van der Waals surface area contributed by atoms with E-state index in [1.807, 2.05) is 0 Å². The molecule has 4 heteroatoms. The second-order valence-electron chi connectivity index (χ2n) is 2.64. The minimum absolute atomic E-state index is 0.104. The van der Waals surface area contributed by atoms with Gasteiger partial charge in [0.05, 0.1) is 6.61 Å². The van der Waals surface area contributed by atoms with Crippen LogP contribution in [0.2, 0.25) is 0 Å². The first-order valence-electron chi connectivity index (χ1n) is 3.94. The summed E-state index contributed by atoms with van der Waals surface area (Å²) in [5, 5.41) is 8.43. The first-order chi connectivity index (χ1) is 5.34. The van der Waals surface area contributed by atoms with Crippen molar-refractivity contribution in [1.82, 2.24) is 0 Å². The van der Waals surface area contributed by atoms with Crippen molar-refractivity contribution in [1.29, 1.82) is 0 Å². The normalized spacial score (nSPS) is 28.9. The minimum Gasteiger partial charge on any atom is -0.396 e. The standard InChI is InChI=1S/C7H15NO3/c8-7-6(11-7)5-10-4-2-1-3-9/h6-7,9H,1-5,8H2. The third-order valence-corrected chi connectivity index (χ3v) is 1.60. The summed E-state index contributed by atoms with van der Waals surface area (Å²) in [6.45, 7) is 1.52. The second kappa shape index (κ2) is 4.66. The molecule has 0 amide bonds. The van der Waals surface area contributed by atoms with Crippen molar-refractivity contribution >= 4 is 0 Å². The molecule has 0 spiro atoms. The molecule has 0 aromatic heterocycles. The van der Waals surface area contributed by atoms with Gasteiger partial charge in [-0.2, -0.15) is 0 Å². The fourth-order valence-corrected chi connectivity index (χ4v) is 0.806. The number of nitrogens with two attached hydrogens (primary N) is 1. The van der Waals surface area contributed by atoms with E-state index in [2.05, 4.69) is 0 Å². The van der Waals surface area contributed by atoms with Crippen LogP contribution in [0.15, 0.2) is 0 Å². The summed E-state index contributed by atoms with van der Waals surface area (Å²) < 4.78 is 10.1. The lowest BCUT2D eigenvalue weighted by molar-refractivity contribution is 0.109. The molecule has 11 heavy (non-hydrogen) atoms. The number of hydrogen-bond donors (Lipinski definition) is 2. The Morgan fingerprint density at radius 3 is 2.73 bits per heavy atom.